The maximum atomic E-state index is 13.8. The van der Waals surface area contributed by atoms with Crippen molar-refractivity contribution in [2.24, 2.45) is 5.92 Å². The number of amides is 5. The van der Waals surface area contributed by atoms with E-state index in [1.807, 2.05) is 0 Å². The zero-order valence-corrected chi connectivity index (χ0v) is 23.8. The molecular formula is C27H37N5O8S. The van der Waals surface area contributed by atoms with Crippen LogP contribution < -0.4 is 10.0 Å². The SMILES string of the molecule is C=CC(=O)N1CC[C@@H](C(=O)N2CCC[C@H]2C(=O)N[C@]2(C(=O)NS(=O)(=O)C3CC3)C[C@H]2C=C)N1C(=O)OC1CCCC1. The molecule has 0 spiro atoms. The van der Waals surface area contributed by atoms with Gasteiger partial charge in [-0.2, -0.15) is 0 Å². The number of likely N-dealkylation sites (tertiary alicyclic amines) is 1. The third-order valence-electron chi connectivity index (χ3n) is 8.73. The third-order valence-corrected chi connectivity index (χ3v) is 10.5. The maximum absolute atomic E-state index is 13.8. The van der Waals surface area contributed by atoms with Crippen molar-refractivity contribution < 1.29 is 37.1 Å². The molecule has 41 heavy (non-hydrogen) atoms. The average molecular weight is 592 g/mol. The van der Waals surface area contributed by atoms with E-state index in [1.165, 1.54) is 11.0 Å². The summed E-state index contributed by atoms with van der Waals surface area (Å²) in [7, 11) is -3.83. The van der Waals surface area contributed by atoms with Crippen molar-refractivity contribution in [1.82, 2.24) is 25.0 Å². The molecule has 0 radical (unpaired) electrons. The first-order valence-electron chi connectivity index (χ1n) is 14.3. The van der Waals surface area contributed by atoms with Gasteiger partial charge in [-0.05, 0) is 70.3 Å². The van der Waals surface area contributed by atoms with Crippen molar-refractivity contribution in [2.75, 3.05) is 13.1 Å². The number of hydrazine groups is 1. The molecule has 5 amide bonds. The van der Waals surface area contributed by atoms with Crippen molar-refractivity contribution >= 4 is 39.7 Å². The first-order chi connectivity index (χ1) is 19.5. The summed E-state index contributed by atoms with van der Waals surface area (Å²) in [4.78, 5) is 67.5. The third kappa shape index (κ3) is 5.57. The number of rotatable bonds is 9. The van der Waals surface area contributed by atoms with E-state index < -0.39 is 68.5 Å². The number of carbonyl (C=O) groups is 5. The second kappa shape index (κ2) is 11.1. The summed E-state index contributed by atoms with van der Waals surface area (Å²) in [5, 5.41) is 4.31. The highest BCUT2D eigenvalue weighted by Crippen LogP contribution is 2.45. The van der Waals surface area contributed by atoms with Crippen LogP contribution in [0.1, 0.15) is 64.2 Å². The Bertz CT molecular complexity index is 1260. The van der Waals surface area contributed by atoms with E-state index in [4.69, 9.17) is 4.74 Å². The highest BCUT2D eigenvalue weighted by atomic mass is 32.2. The van der Waals surface area contributed by atoms with Gasteiger partial charge in [-0.3, -0.25) is 23.9 Å². The lowest BCUT2D eigenvalue weighted by Crippen LogP contribution is -2.59. The van der Waals surface area contributed by atoms with Crippen LogP contribution in [0.4, 0.5) is 4.79 Å². The maximum Gasteiger partial charge on any atom is 0.429 e. The van der Waals surface area contributed by atoms with Gasteiger partial charge >= 0.3 is 6.09 Å². The van der Waals surface area contributed by atoms with Crippen molar-refractivity contribution in [2.45, 2.75) is 93.2 Å². The Labute approximate surface area is 239 Å². The molecule has 0 aromatic heterocycles. The van der Waals surface area contributed by atoms with Crippen molar-refractivity contribution in [3.63, 3.8) is 0 Å². The van der Waals surface area contributed by atoms with Crippen LogP contribution in [0.2, 0.25) is 0 Å². The van der Waals surface area contributed by atoms with Gasteiger partial charge in [-0.1, -0.05) is 12.7 Å². The monoisotopic (exact) mass is 591 g/mol. The van der Waals surface area contributed by atoms with Crippen LogP contribution in [0.3, 0.4) is 0 Å². The second-order valence-electron chi connectivity index (χ2n) is 11.5. The van der Waals surface area contributed by atoms with Gasteiger partial charge in [-0.25, -0.2) is 23.2 Å². The lowest BCUT2D eigenvalue weighted by molar-refractivity contribution is -0.149. The minimum absolute atomic E-state index is 0.103. The van der Waals surface area contributed by atoms with E-state index in [2.05, 4.69) is 23.2 Å². The summed E-state index contributed by atoms with van der Waals surface area (Å²) >= 11 is 0. The minimum atomic E-state index is -3.83. The average Bonchev–Trinajstić information content (AvgIpc) is 3.70. The van der Waals surface area contributed by atoms with E-state index in [9.17, 15) is 32.4 Å². The molecule has 3 aliphatic carbocycles. The van der Waals surface area contributed by atoms with Crippen LogP contribution >= 0.6 is 0 Å². The Kier molecular flexibility index (Phi) is 7.88. The largest absolute Gasteiger partial charge is 0.445 e. The summed E-state index contributed by atoms with van der Waals surface area (Å²) < 4.78 is 32.5. The number of hydrogen-bond acceptors (Lipinski definition) is 8. The van der Waals surface area contributed by atoms with Gasteiger partial charge in [0.2, 0.25) is 21.8 Å². The molecule has 0 bridgehead atoms. The summed E-state index contributed by atoms with van der Waals surface area (Å²) in [6.07, 6.45) is 6.92. The van der Waals surface area contributed by atoms with Gasteiger partial charge < -0.3 is 15.0 Å². The van der Waals surface area contributed by atoms with Gasteiger partial charge in [0.25, 0.3) is 11.8 Å². The molecule has 5 rings (SSSR count). The Hall–Kier alpha value is -3.42. The Morgan fingerprint density at radius 3 is 2.22 bits per heavy atom. The Morgan fingerprint density at radius 1 is 0.902 bits per heavy atom. The fourth-order valence-corrected chi connectivity index (χ4v) is 7.50. The molecule has 2 heterocycles. The molecule has 2 N–H and O–H groups in total. The van der Waals surface area contributed by atoms with Crippen molar-refractivity contribution in [3.8, 4) is 0 Å². The standard InChI is InChI=1S/C27H37N5O8S/c1-3-17-16-27(17,25(36)29-41(38,39)19-11-12-19)28-23(34)20-10-7-14-30(20)24(35)21-13-15-31(22(33)4-2)32(21)26(37)40-18-8-5-6-9-18/h3-4,17-21H,1-2,5-16H2,(H,28,34)(H,29,36)/t17-,20+,21+,27-/m1/s1. The zero-order valence-electron chi connectivity index (χ0n) is 23.0. The number of ether oxygens (including phenoxy) is 1. The molecule has 3 saturated carbocycles. The normalized spacial score (nSPS) is 29.7. The van der Waals surface area contributed by atoms with Crippen LogP contribution in [0.25, 0.3) is 0 Å². The summed E-state index contributed by atoms with van der Waals surface area (Å²) in [5.74, 6) is -2.90. The fraction of sp³-hybridized carbons (Fsp3) is 0.667. The predicted molar refractivity (Wildman–Crippen MR) is 145 cm³/mol. The number of hydrogen-bond donors (Lipinski definition) is 2. The number of nitrogens with one attached hydrogen (secondary N) is 2. The van der Waals surface area contributed by atoms with E-state index >= 15 is 0 Å². The quantitative estimate of drug-likeness (QED) is 0.293. The molecule has 0 aromatic rings. The Balaban J connectivity index is 1.30. The van der Waals surface area contributed by atoms with Gasteiger partial charge in [-0.15, -0.1) is 6.58 Å². The summed E-state index contributed by atoms with van der Waals surface area (Å²) in [6, 6.07) is -1.99. The van der Waals surface area contributed by atoms with Crippen LogP contribution in [0.15, 0.2) is 25.3 Å². The van der Waals surface area contributed by atoms with E-state index in [0.717, 1.165) is 28.9 Å². The Morgan fingerprint density at radius 2 is 1.61 bits per heavy atom. The highest BCUT2D eigenvalue weighted by molar-refractivity contribution is 7.91. The van der Waals surface area contributed by atoms with E-state index in [-0.39, 0.29) is 32.0 Å². The molecule has 224 valence electrons. The lowest BCUT2D eigenvalue weighted by Gasteiger charge is -2.34. The first kappa shape index (κ1) is 29.1. The fourth-order valence-electron chi connectivity index (χ4n) is 6.13. The van der Waals surface area contributed by atoms with Gasteiger partial charge in [0, 0.05) is 19.0 Å². The molecule has 14 heteroatoms. The van der Waals surface area contributed by atoms with Crippen molar-refractivity contribution in [3.05, 3.63) is 25.3 Å². The molecule has 4 atom stereocenters. The summed E-state index contributed by atoms with van der Waals surface area (Å²) in [6.45, 7) is 7.54. The van der Waals surface area contributed by atoms with E-state index in [0.29, 0.717) is 38.5 Å². The van der Waals surface area contributed by atoms with Gasteiger partial charge in [0.1, 0.15) is 23.7 Å². The molecule has 5 aliphatic rings. The van der Waals surface area contributed by atoms with Gasteiger partial charge in [0.05, 0.1) is 5.25 Å². The minimum Gasteiger partial charge on any atom is -0.445 e. The zero-order chi connectivity index (χ0) is 29.5. The van der Waals surface area contributed by atoms with Crippen molar-refractivity contribution in [1.29, 1.82) is 0 Å². The van der Waals surface area contributed by atoms with Crippen LogP contribution in [0.5, 0.6) is 0 Å². The predicted octanol–water partition coefficient (Wildman–Crippen LogP) is 0.730. The number of carbonyl (C=O) groups excluding carboxylic acids is 5. The molecule has 2 aliphatic heterocycles. The topological polar surface area (TPSA) is 162 Å². The molecule has 2 saturated heterocycles. The molecule has 0 unspecified atom stereocenters. The molecular weight excluding hydrogens is 554 g/mol. The lowest BCUT2D eigenvalue weighted by atomic mass is 10.1. The second-order valence-corrected chi connectivity index (χ2v) is 13.4. The number of sulfonamides is 1. The van der Waals surface area contributed by atoms with Crippen LogP contribution in [-0.4, -0.2) is 95.1 Å². The van der Waals surface area contributed by atoms with Crippen LogP contribution in [-0.2, 0) is 33.9 Å². The summed E-state index contributed by atoms with van der Waals surface area (Å²) in [5.41, 5.74) is -1.46. The molecule has 13 nitrogen and oxygen atoms in total. The van der Waals surface area contributed by atoms with E-state index in [1.54, 1.807) is 0 Å². The molecule has 0 aromatic carbocycles. The smallest absolute Gasteiger partial charge is 0.429 e. The van der Waals surface area contributed by atoms with Gasteiger partial charge in [0.15, 0.2) is 0 Å². The molecule has 5 fully saturated rings. The first-order valence-corrected chi connectivity index (χ1v) is 15.8. The number of nitrogens with zero attached hydrogens (tertiary/aromatic N) is 3. The highest BCUT2D eigenvalue weighted by Gasteiger charge is 2.61. The van der Waals surface area contributed by atoms with Crippen LogP contribution in [0, 0.1) is 5.92 Å².